The Hall–Kier alpha value is -1.90. The van der Waals surface area contributed by atoms with E-state index in [-0.39, 0.29) is 18.6 Å². The molecule has 1 aliphatic rings. The van der Waals surface area contributed by atoms with Gasteiger partial charge >= 0.3 is 5.97 Å². The molecule has 1 saturated heterocycles. The molecule has 0 spiro atoms. The van der Waals surface area contributed by atoms with E-state index in [9.17, 15) is 4.79 Å². The molecule has 1 fully saturated rings. The van der Waals surface area contributed by atoms with Crippen molar-refractivity contribution in [3.63, 3.8) is 0 Å². The van der Waals surface area contributed by atoms with Crippen LogP contribution in [0.1, 0.15) is 30.0 Å². The van der Waals surface area contributed by atoms with Crippen molar-refractivity contribution in [2.75, 3.05) is 0 Å². The Morgan fingerprint density at radius 3 is 2.82 bits per heavy atom. The summed E-state index contributed by atoms with van der Waals surface area (Å²) in [4.78, 5) is 15.7. The molecule has 1 unspecified atom stereocenters. The number of nitriles is 1. The summed E-state index contributed by atoms with van der Waals surface area (Å²) in [5, 5.41) is 17.3. The van der Waals surface area contributed by atoms with Gasteiger partial charge in [-0.25, -0.2) is 0 Å². The highest BCUT2D eigenvalue weighted by Crippen LogP contribution is 2.26. The number of aliphatic carboxylic acids is 1. The number of carboxylic acids is 1. The Balaban J connectivity index is 2.00. The van der Waals surface area contributed by atoms with Crippen LogP contribution in [0.15, 0.2) is 24.3 Å². The van der Waals surface area contributed by atoms with Gasteiger partial charge in [0.15, 0.2) is 0 Å². The maximum atomic E-state index is 10.5. The van der Waals surface area contributed by atoms with Gasteiger partial charge in [-0.3, -0.25) is 9.63 Å². The smallest absolute Gasteiger partial charge is 0.306 e. The van der Waals surface area contributed by atoms with Crippen molar-refractivity contribution in [1.29, 1.82) is 5.26 Å². The summed E-state index contributed by atoms with van der Waals surface area (Å²) in [6.07, 6.45) is 0.325. The fraction of sp³-hybridized carbons (Fsp3) is 0.333. The summed E-state index contributed by atoms with van der Waals surface area (Å²) in [5.74, 6) is -0.864. The number of carbonyl (C=O) groups is 1. The molecule has 2 N–H and O–H groups in total. The first-order valence-corrected chi connectivity index (χ1v) is 5.32. The predicted molar refractivity (Wildman–Crippen MR) is 58.8 cm³/mol. The number of nitrogens with zero attached hydrogens (tertiary/aromatic N) is 1. The quantitative estimate of drug-likeness (QED) is 0.822. The van der Waals surface area contributed by atoms with Crippen molar-refractivity contribution in [1.82, 2.24) is 5.48 Å². The number of benzene rings is 1. The normalized spacial score (nSPS) is 23.2. The largest absolute Gasteiger partial charge is 0.481 e. The van der Waals surface area contributed by atoms with Crippen molar-refractivity contribution in [3.05, 3.63) is 35.4 Å². The maximum Gasteiger partial charge on any atom is 0.306 e. The molecule has 1 aromatic rings. The summed E-state index contributed by atoms with van der Waals surface area (Å²) in [6.45, 7) is 0. The van der Waals surface area contributed by atoms with Crippen LogP contribution >= 0.6 is 0 Å². The summed E-state index contributed by atoms with van der Waals surface area (Å²) >= 11 is 0. The minimum absolute atomic E-state index is 0.000219. The number of nitrogens with one attached hydrogen (secondary N) is 1. The first kappa shape index (κ1) is 11.6. The average Bonchev–Trinajstić information content (AvgIpc) is 2.77. The van der Waals surface area contributed by atoms with Gasteiger partial charge in [-0.2, -0.15) is 10.7 Å². The van der Waals surface area contributed by atoms with E-state index in [0.29, 0.717) is 12.0 Å². The second-order valence-corrected chi connectivity index (χ2v) is 3.98. The zero-order valence-electron chi connectivity index (χ0n) is 9.09. The van der Waals surface area contributed by atoms with Gasteiger partial charge in [-0.1, -0.05) is 12.1 Å². The second kappa shape index (κ2) is 4.95. The lowest BCUT2D eigenvalue weighted by Gasteiger charge is -2.07. The average molecular weight is 232 g/mol. The molecule has 1 heterocycles. The highest BCUT2D eigenvalue weighted by Gasteiger charge is 2.28. The molecule has 0 radical (unpaired) electrons. The van der Waals surface area contributed by atoms with Gasteiger partial charge in [0.1, 0.15) is 0 Å². The molecule has 0 aromatic heterocycles. The standard InChI is InChI=1S/C12H12N2O3/c13-7-8-1-3-9(4-2-8)11-5-10(17-14-11)6-12(15)16/h1-4,10-11,14H,5-6H2,(H,15,16)/t10-,11?/m0/s1. The predicted octanol–water partition coefficient (Wildman–Crippen LogP) is 1.37. The zero-order valence-corrected chi connectivity index (χ0v) is 9.09. The van der Waals surface area contributed by atoms with E-state index in [4.69, 9.17) is 15.2 Å². The van der Waals surface area contributed by atoms with Gasteiger partial charge in [0.05, 0.1) is 30.2 Å². The molecule has 0 aliphatic carbocycles. The minimum Gasteiger partial charge on any atom is -0.481 e. The van der Waals surface area contributed by atoms with E-state index < -0.39 is 5.97 Å². The van der Waals surface area contributed by atoms with Gasteiger partial charge in [0.25, 0.3) is 0 Å². The summed E-state index contributed by atoms with van der Waals surface area (Å²) in [5.41, 5.74) is 4.42. The molecule has 0 saturated carbocycles. The van der Waals surface area contributed by atoms with Gasteiger partial charge in [0, 0.05) is 0 Å². The fourth-order valence-electron chi connectivity index (χ4n) is 1.85. The van der Waals surface area contributed by atoms with E-state index in [0.717, 1.165) is 5.56 Å². The van der Waals surface area contributed by atoms with E-state index >= 15 is 0 Å². The lowest BCUT2D eigenvalue weighted by atomic mass is 10.0. The van der Waals surface area contributed by atoms with Gasteiger partial charge < -0.3 is 5.11 Å². The molecule has 5 heteroatoms. The Morgan fingerprint density at radius 2 is 2.24 bits per heavy atom. The monoisotopic (exact) mass is 232 g/mol. The molecule has 17 heavy (non-hydrogen) atoms. The van der Waals surface area contributed by atoms with Crippen LogP contribution in [-0.4, -0.2) is 17.2 Å². The lowest BCUT2D eigenvalue weighted by Crippen LogP contribution is -2.14. The number of carboxylic acid groups (broad SMARTS) is 1. The SMILES string of the molecule is N#Cc1ccc(C2C[C@@H](CC(=O)O)ON2)cc1. The van der Waals surface area contributed by atoms with Crippen molar-refractivity contribution in [2.45, 2.75) is 25.0 Å². The topological polar surface area (TPSA) is 82.4 Å². The van der Waals surface area contributed by atoms with Gasteiger partial charge in [-0.15, -0.1) is 0 Å². The first-order valence-electron chi connectivity index (χ1n) is 5.32. The van der Waals surface area contributed by atoms with Gasteiger partial charge in [0.2, 0.25) is 0 Å². The van der Waals surface area contributed by atoms with Crippen LogP contribution in [0.25, 0.3) is 0 Å². The summed E-state index contributed by atoms with van der Waals surface area (Å²) in [7, 11) is 0. The van der Waals surface area contributed by atoms with Crippen LogP contribution in [0.2, 0.25) is 0 Å². The van der Waals surface area contributed by atoms with E-state index in [1.54, 1.807) is 12.1 Å². The van der Waals surface area contributed by atoms with E-state index in [1.807, 2.05) is 12.1 Å². The van der Waals surface area contributed by atoms with Crippen molar-refractivity contribution in [2.24, 2.45) is 0 Å². The molecule has 0 amide bonds. The molecule has 2 atom stereocenters. The maximum absolute atomic E-state index is 10.5. The van der Waals surface area contributed by atoms with Crippen LogP contribution in [0, 0.1) is 11.3 Å². The van der Waals surface area contributed by atoms with Crippen molar-refractivity contribution in [3.8, 4) is 6.07 Å². The third-order valence-electron chi connectivity index (χ3n) is 2.72. The van der Waals surface area contributed by atoms with Crippen molar-refractivity contribution < 1.29 is 14.7 Å². The highest BCUT2D eigenvalue weighted by atomic mass is 16.7. The third-order valence-corrected chi connectivity index (χ3v) is 2.72. The number of rotatable bonds is 3. The van der Waals surface area contributed by atoms with Crippen LogP contribution < -0.4 is 5.48 Å². The van der Waals surface area contributed by atoms with Crippen LogP contribution in [0.5, 0.6) is 0 Å². The Labute approximate surface area is 98.6 Å². The molecule has 0 bridgehead atoms. The molecule has 1 aromatic carbocycles. The molecule has 88 valence electrons. The minimum atomic E-state index is -0.864. The number of hydrogen-bond donors (Lipinski definition) is 2. The molecule has 1 aliphatic heterocycles. The first-order chi connectivity index (χ1) is 8.19. The van der Waals surface area contributed by atoms with E-state index in [2.05, 4.69) is 11.5 Å². The van der Waals surface area contributed by atoms with Crippen molar-refractivity contribution >= 4 is 5.97 Å². The van der Waals surface area contributed by atoms with Crippen LogP contribution in [0.3, 0.4) is 0 Å². The van der Waals surface area contributed by atoms with Crippen LogP contribution in [-0.2, 0) is 9.63 Å². The Bertz CT molecular complexity index is 450. The summed E-state index contributed by atoms with van der Waals surface area (Å²) < 4.78 is 0. The lowest BCUT2D eigenvalue weighted by molar-refractivity contribution is -0.140. The Morgan fingerprint density at radius 1 is 1.53 bits per heavy atom. The van der Waals surface area contributed by atoms with E-state index in [1.165, 1.54) is 0 Å². The number of hydrogen-bond acceptors (Lipinski definition) is 4. The second-order valence-electron chi connectivity index (χ2n) is 3.98. The fourth-order valence-corrected chi connectivity index (χ4v) is 1.85. The third kappa shape index (κ3) is 2.81. The van der Waals surface area contributed by atoms with Crippen LogP contribution in [0.4, 0.5) is 0 Å². The molecular weight excluding hydrogens is 220 g/mol. The zero-order chi connectivity index (χ0) is 12.3. The number of hydroxylamine groups is 1. The molecule has 5 nitrogen and oxygen atoms in total. The molecular formula is C12H12N2O3. The highest BCUT2D eigenvalue weighted by molar-refractivity contribution is 5.67. The van der Waals surface area contributed by atoms with Gasteiger partial charge in [-0.05, 0) is 24.1 Å². The molecule has 2 rings (SSSR count). The Kier molecular flexibility index (Phi) is 3.38. The summed E-state index contributed by atoms with van der Waals surface area (Å²) in [6, 6.07) is 9.22.